The summed E-state index contributed by atoms with van der Waals surface area (Å²) in [7, 11) is 0. The maximum absolute atomic E-state index is 11.2. The Morgan fingerprint density at radius 1 is 1.03 bits per heavy atom. The van der Waals surface area contributed by atoms with Gasteiger partial charge in [0.1, 0.15) is 23.7 Å². The van der Waals surface area contributed by atoms with Gasteiger partial charge in [0.25, 0.3) is 0 Å². The standard InChI is InChI=1S/C25H34O5S/c1-6-28-21-11-7-9-18(13-21)25(4,5)19-10-8-12-22(14-19)30-24(2,3)15-20(26)16-29-23(27)17-31/h7-14,20,26,31H,6,15-17H2,1-5H3. The van der Waals surface area contributed by atoms with E-state index in [-0.39, 0.29) is 17.8 Å². The molecule has 0 aliphatic rings. The Balaban J connectivity index is 2.13. The van der Waals surface area contributed by atoms with E-state index in [1.165, 1.54) is 0 Å². The van der Waals surface area contributed by atoms with Crippen molar-refractivity contribution >= 4 is 18.6 Å². The second-order valence-corrected chi connectivity index (χ2v) is 8.99. The van der Waals surface area contributed by atoms with E-state index in [1.807, 2.05) is 51.1 Å². The Hall–Kier alpha value is -2.18. The number of hydrogen-bond donors (Lipinski definition) is 2. The average molecular weight is 447 g/mol. The molecule has 0 amide bonds. The van der Waals surface area contributed by atoms with E-state index in [2.05, 4.69) is 44.7 Å². The Morgan fingerprint density at radius 3 is 2.19 bits per heavy atom. The van der Waals surface area contributed by atoms with Crippen LogP contribution < -0.4 is 9.47 Å². The Labute approximate surface area is 191 Å². The molecule has 1 atom stereocenters. The third kappa shape index (κ3) is 7.47. The van der Waals surface area contributed by atoms with Gasteiger partial charge in [-0.05, 0) is 56.2 Å². The van der Waals surface area contributed by atoms with Crippen molar-refractivity contribution in [3.8, 4) is 11.5 Å². The molecule has 5 nitrogen and oxygen atoms in total. The number of carbonyl (C=O) groups is 1. The van der Waals surface area contributed by atoms with Crippen LogP contribution in [0.3, 0.4) is 0 Å². The maximum Gasteiger partial charge on any atom is 0.315 e. The van der Waals surface area contributed by atoms with E-state index in [1.54, 1.807) is 0 Å². The van der Waals surface area contributed by atoms with E-state index in [0.29, 0.717) is 13.0 Å². The molecule has 1 N–H and O–H groups in total. The molecule has 2 rings (SSSR count). The number of aliphatic hydroxyl groups excluding tert-OH is 1. The number of hydrogen-bond acceptors (Lipinski definition) is 6. The van der Waals surface area contributed by atoms with Crippen molar-refractivity contribution in [1.82, 2.24) is 0 Å². The largest absolute Gasteiger partial charge is 0.494 e. The summed E-state index contributed by atoms with van der Waals surface area (Å²) in [4.78, 5) is 11.2. The van der Waals surface area contributed by atoms with Gasteiger partial charge in [0, 0.05) is 11.8 Å². The molecule has 0 fully saturated rings. The van der Waals surface area contributed by atoms with E-state index in [0.717, 1.165) is 22.6 Å². The fourth-order valence-electron chi connectivity index (χ4n) is 3.48. The molecule has 1 unspecified atom stereocenters. The lowest BCUT2D eigenvalue weighted by Crippen LogP contribution is -2.35. The van der Waals surface area contributed by atoms with Crippen molar-refractivity contribution < 1.29 is 24.1 Å². The third-order valence-electron chi connectivity index (χ3n) is 5.11. The highest BCUT2D eigenvalue weighted by atomic mass is 32.1. The van der Waals surface area contributed by atoms with E-state index in [9.17, 15) is 9.90 Å². The molecule has 0 heterocycles. The van der Waals surface area contributed by atoms with E-state index >= 15 is 0 Å². The molecule has 0 spiro atoms. The number of ether oxygens (including phenoxy) is 3. The summed E-state index contributed by atoms with van der Waals surface area (Å²) in [5.41, 5.74) is 1.36. The first kappa shape index (κ1) is 25.1. The Bertz CT molecular complexity index is 862. The highest BCUT2D eigenvalue weighted by Gasteiger charge is 2.27. The van der Waals surface area contributed by atoms with Gasteiger partial charge >= 0.3 is 5.97 Å². The second-order valence-electron chi connectivity index (χ2n) is 8.67. The minimum absolute atomic E-state index is 0.0112. The predicted molar refractivity (Wildman–Crippen MR) is 126 cm³/mol. The zero-order chi connectivity index (χ0) is 23.1. The van der Waals surface area contributed by atoms with Crippen molar-refractivity contribution in [2.24, 2.45) is 0 Å². The monoisotopic (exact) mass is 446 g/mol. The topological polar surface area (TPSA) is 65.0 Å². The number of esters is 1. The Kier molecular flexibility index (Phi) is 8.83. The van der Waals surface area contributed by atoms with Crippen LogP contribution in [0.15, 0.2) is 48.5 Å². The van der Waals surface area contributed by atoms with Crippen LogP contribution in [0, 0.1) is 0 Å². The predicted octanol–water partition coefficient (Wildman–Crippen LogP) is 4.79. The van der Waals surface area contributed by atoms with Crippen LogP contribution in [0.5, 0.6) is 11.5 Å². The van der Waals surface area contributed by atoms with Crippen LogP contribution in [0.2, 0.25) is 0 Å². The number of thiol groups is 1. The fraction of sp³-hybridized carbons (Fsp3) is 0.480. The molecular formula is C25H34O5S. The molecule has 0 aliphatic carbocycles. The molecule has 0 radical (unpaired) electrons. The van der Waals surface area contributed by atoms with E-state index in [4.69, 9.17) is 14.2 Å². The van der Waals surface area contributed by atoms with Gasteiger partial charge in [-0.2, -0.15) is 12.6 Å². The lowest BCUT2D eigenvalue weighted by atomic mass is 9.78. The van der Waals surface area contributed by atoms with Gasteiger partial charge in [-0.25, -0.2) is 0 Å². The summed E-state index contributed by atoms with van der Waals surface area (Å²) >= 11 is 3.86. The highest BCUT2D eigenvalue weighted by molar-refractivity contribution is 7.81. The van der Waals surface area contributed by atoms with Gasteiger partial charge in [-0.1, -0.05) is 38.1 Å². The zero-order valence-electron chi connectivity index (χ0n) is 19.1. The van der Waals surface area contributed by atoms with Crippen molar-refractivity contribution in [1.29, 1.82) is 0 Å². The van der Waals surface area contributed by atoms with Gasteiger partial charge in [0.05, 0.1) is 18.5 Å². The summed E-state index contributed by atoms with van der Waals surface area (Å²) in [5, 5.41) is 10.2. The zero-order valence-corrected chi connectivity index (χ0v) is 19.9. The molecule has 2 aromatic carbocycles. The van der Waals surface area contributed by atoms with Crippen molar-refractivity contribution in [3.05, 3.63) is 59.7 Å². The summed E-state index contributed by atoms with van der Waals surface area (Å²) < 4.78 is 16.8. The summed E-state index contributed by atoms with van der Waals surface area (Å²) in [6.45, 7) is 10.7. The highest BCUT2D eigenvalue weighted by Crippen LogP contribution is 2.35. The van der Waals surface area contributed by atoms with Crippen LogP contribution in [-0.4, -0.2) is 41.7 Å². The number of aliphatic hydroxyl groups is 1. The molecule has 170 valence electrons. The summed E-state index contributed by atoms with van der Waals surface area (Å²) in [6, 6.07) is 16.1. The first-order chi connectivity index (χ1) is 14.6. The number of benzene rings is 2. The van der Waals surface area contributed by atoms with Gasteiger partial charge in [-0.3, -0.25) is 4.79 Å². The lowest BCUT2D eigenvalue weighted by Gasteiger charge is -2.31. The minimum Gasteiger partial charge on any atom is -0.494 e. The van der Waals surface area contributed by atoms with Crippen LogP contribution in [0.1, 0.15) is 52.2 Å². The molecule has 0 bridgehead atoms. The molecule has 2 aromatic rings. The summed E-state index contributed by atoms with van der Waals surface area (Å²) in [6.07, 6.45) is -0.503. The molecule has 31 heavy (non-hydrogen) atoms. The normalized spacial score (nSPS) is 12.9. The molecule has 0 saturated heterocycles. The average Bonchev–Trinajstić information content (AvgIpc) is 2.72. The summed E-state index contributed by atoms with van der Waals surface area (Å²) in [5.74, 6) is 1.11. The van der Waals surface area contributed by atoms with Gasteiger partial charge < -0.3 is 19.3 Å². The fourth-order valence-corrected chi connectivity index (χ4v) is 3.57. The number of carbonyl (C=O) groups excluding carboxylic acids is 1. The van der Waals surface area contributed by atoms with Crippen LogP contribution in [0.4, 0.5) is 0 Å². The van der Waals surface area contributed by atoms with E-state index < -0.39 is 17.7 Å². The van der Waals surface area contributed by atoms with Crippen molar-refractivity contribution in [2.45, 2.75) is 58.2 Å². The molecular weight excluding hydrogens is 412 g/mol. The minimum atomic E-state index is -0.820. The third-order valence-corrected chi connectivity index (χ3v) is 5.37. The van der Waals surface area contributed by atoms with Crippen LogP contribution in [0.25, 0.3) is 0 Å². The molecule has 0 aromatic heterocycles. The first-order valence-corrected chi connectivity index (χ1v) is 11.2. The quantitative estimate of drug-likeness (QED) is 0.384. The molecule has 6 heteroatoms. The van der Waals surface area contributed by atoms with Gasteiger partial charge in [0.2, 0.25) is 0 Å². The Morgan fingerprint density at radius 2 is 1.61 bits per heavy atom. The van der Waals surface area contributed by atoms with Crippen LogP contribution >= 0.6 is 12.6 Å². The second kappa shape index (κ2) is 10.9. The lowest BCUT2D eigenvalue weighted by molar-refractivity contribution is -0.144. The smallest absolute Gasteiger partial charge is 0.315 e. The molecule has 0 saturated carbocycles. The van der Waals surface area contributed by atoms with Crippen molar-refractivity contribution in [3.63, 3.8) is 0 Å². The first-order valence-electron chi connectivity index (χ1n) is 10.5. The maximum atomic E-state index is 11.2. The van der Waals surface area contributed by atoms with Crippen molar-refractivity contribution in [2.75, 3.05) is 19.0 Å². The van der Waals surface area contributed by atoms with Gasteiger partial charge in [-0.15, -0.1) is 0 Å². The molecule has 0 aliphatic heterocycles. The van der Waals surface area contributed by atoms with Gasteiger partial charge in [0.15, 0.2) is 0 Å². The number of rotatable bonds is 11. The SMILES string of the molecule is CCOc1cccc(C(C)(C)c2cccc(OC(C)(C)CC(O)COC(=O)CS)c2)c1. The van der Waals surface area contributed by atoms with Crippen LogP contribution in [-0.2, 0) is 14.9 Å².